The normalized spacial score (nSPS) is 12.4. The highest BCUT2D eigenvalue weighted by Crippen LogP contribution is 2.43. The monoisotopic (exact) mass is 400 g/mol. The molecule has 142 valence electrons. The Kier molecular flexibility index (Phi) is 4.33. The molecule has 0 bridgehead atoms. The Hall–Kier alpha value is -3.51. The molecule has 0 spiro atoms. The Morgan fingerprint density at radius 1 is 0.931 bits per heavy atom. The van der Waals surface area contributed by atoms with Gasteiger partial charge in [0.2, 0.25) is 0 Å². The van der Waals surface area contributed by atoms with Crippen LogP contribution in [0.1, 0.15) is 16.4 Å². The number of fused-ring (bicyclic) bond motifs is 2. The number of benzene rings is 3. The van der Waals surface area contributed by atoms with Gasteiger partial charge in [-0.1, -0.05) is 66.4 Å². The van der Waals surface area contributed by atoms with Crippen LogP contribution in [-0.2, 0) is 0 Å². The second kappa shape index (κ2) is 7.14. The van der Waals surface area contributed by atoms with Crippen molar-refractivity contribution in [2.45, 2.75) is 10.4 Å². The van der Waals surface area contributed by atoms with E-state index in [4.69, 9.17) is 4.42 Å². The molecule has 1 unspecified atom stereocenters. The van der Waals surface area contributed by atoms with E-state index in [1.165, 1.54) is 11.8 Å². The van der Waals surface area contributed by atoms with Crippen molar-refractivity contribution in [2.75, 3.05) is 0 Å². The third kappa shape index (κ3) is 3.17. The van der Waals surface area contributed by atoms with Crippen molar-refractivity contribution in [2.24, 2.45) is 0 Å². The van der Waals surface area contributed by atoms with Crippen LogP contribution < -0.4 is 5.63 Å². The van der Waals surface area contributed by atoms with Crippen LogP contribution in [0.2, 0.25) is 0 Å². The van der Waals surface area contributed by atoms with E-state index in [9.17, 15) is 9.90 Å². The number of rotatable bonds is 4. The van der Waals surface area contributed by atoms with Gasteiger partial charge in [-0.2, -0.15) is 0 Å². The smallest absolute Gasteiger partial charge is 0.344 e. The Morgan fingerprint density at radius 3 is 2.48 bits per heavy atom. The topological polar surface area (TPSA) is 79.1 Å². The van der Waals surface area contributed by atoms with Crippen molar-refractivity contribution in [3.63, 3.8) is 0 Å². The van der Waals surface area contributed by atoms with Crippen molar-refractivity contribution in [3.8, 4) is 5.75 Å². The Balaban J connectivity index is 1.69. The maximum absolute atomic E-state index is 12.9. The lowest BCUT2D eigenvalue weighted by atomic mass is 10.0. The molecule has 1 atom stereocenters. The molecule has 0 amide bonds. The fourth-order valence-corrected chi connectivity index (χ4v) is 4.56. The van der Waals surface area contributed by atoms with Gasteiger partial charge in [0, 0.05) is 0 Å². The van der Waals surface area contributed by atoms with E-state index in [1.54, 1.807) is 24.3 Å². The zero-order chi connectivity index (χ0) is 19.8. The van der Waals surface area contributed by atoms with Crippen molar-refractivity contribution in [3.05, 3.63) is 100 Å². The average Bonchev–Trinajstić information content (AvgIpc) is 3.16. The Labute approximate surface area is 170 Å². The van der Waals surface area contributed by atoms with Gasteiger partial charge in [-0.05, 0) is 29.8 Å². The number of aromatic nitrogens is 2. The van der Waals surface area contributed by atoms with Crippen LogP contribution in [0.5, 0.6) is 5.75 Å². The molecule has 29 heavy (non-hydrogen) atoms. The lowest BCUT2D eigenvalue weighted by molar-refractivity contribution is 0.458. The van der Waals surface area contributed by atoms with Crippen molar-refractivity contribution in [1.82, 2.24) is 9.97 Å². The minimum atomic E-state index is -0.557. The van der Waals surface area contributed by atoms with Crippen LogP contribution in [0.25, 0.3) is 22.0 Å². The lowest BCUT2D eigenvalue weighted by Crippen LogP contribution is -2.12. The maximum atomic E-state index is 12.9. The molecule has 0 aliphatic carbocycles. The zero-order valence-corrected chi connectivity index (χ0v) is 16.0. The number of para-hydroxylation sites is 3. The van der Waals surface area contributed by atoms with E-state index in [-0.39, 0.29) is 11.3 Å². The molecule has 5 nitrogen and oxygen atoms in total. The highest BCUT2D eigenvalue weighted by Gasteiger charge is 2.26. The number of imidazole rings is 1. The third-order valence-electron chi connectivity index (χ3n) is 4.78. The van der Waals surface area contributed by atoms with Gasteiger partial charge in [0.05, 0.1) is 27.2 Å². The van der Waals surface area contributed by atoms with Gasteiger partial charge in [0.1, 0.15) is 11.3 Å². The highest BCUT2D eigenvalue weighted by molar-refractivity contribution is 7.99. The van der Waals surface area contributed by atoms with Gasteiger partial charge in [0.25, 0.3) is 0 Å². The summed E-state index contributed by atoms with van der Waals surface area (Å²) in [6.07, 6.45) is 0. The number of nitrogens with zero attached hydrogens (tertiary/aromatic N) is 1. The standard InChI is InChI=1S/C23H16N2O3S/c26-20-15-10-4-7-13-18(15)28-22(27)19(20)21(14-8-2-1-3-9-14)29-23-24-16-11-5-6-12-17(16)25-23/h1-13,21,26H,(H,24,25). The van der Waals surface area contributed by atoms with Crippen LogP contribution in [0.15, 0.2) is 93.2 Å². The van der Waals surface area contributed by atoms with Crippen LogP contribution in [0.4, 0.5) is 0 Å². The second-order valence-electron chi connectivity index (χ2n) is 6.62. The lowest BCUT2D eigenvalue weighted by Gasteiger charge is -2.17. The molecule has 3 aromatic carbocycles. The summed E-state index contributed by atoms with van der Waals surface area (Å²) in [6, 6.07) is 24.3. The minimum Gasteiger partial charge on any atom is -0.507 e. The molecule has 2 heterocycles. The van der Waals surface area contributed by atoms with E-state index in [2.05, 4.69) is 9.97 Å². The van der Waals surface area contributed by atoms with Crippen LogP contribution >= 0.6 is 11.8 Å². The van der Waals surface area contributed by atoms with Gasteiger partial charge >= 0.3 is 5.63 Å². The molecule has 6 heteroatoms. The number of aromatic amines is 1. The van der Waals surface area contributed by atoms with E-state index in [1.807, 2.05) is 54.6 Å². The highest BCUT2D eigenvalue weighted by atomic mass is 32.2. The first kappa shape index (κ1) is 17.6. The van der Waals surface area contributed by atoms with E-state index in [0.717, 1.165) is 16.6 Å². The molecule has 0 fully saturated rings. The predicted octanol–water partition coefficient (Wildman–Crippen LogP) is 5.26. The Bertz CT molecular complexity index is 1340. The molecule has 5 rings (SSSR count). The van der Waals surface area contributed by atoms with Crippen LogP contribution in [0, 0.1) is 0 Å². The van der Waals surface area contributed by atoms with Crippen molar-refractivity contribution < 1.29 is 9.52 Å². The van der Waals surface area contributed by atoms with Crippen LogP contribution in [-0.4, -0.2) is 15.1 Å². The molecular weight excluding hydrogens is 384 g/mol. The first-order valence-corrected chi connectivity index (χ1v) is 10.00. The number of H-pyrrole nitrogens is 1. The Morgan fingerprint density at radius 2 is 1.66 bits per heavy atom. The number of hydrogen-bond donors (Lipinski definition) is 2. The number of hydrogen-bond acceptors (Lipinski definition) is 5. The first-order chi connectivity index (χ1) is 14.2. The second-order valence-corrected chi connectivity index (χ2v) is 7.71. The summed E-state index contributed by atoms with van der Waals surface area (Å²) in [5, 5.41) is 11.7. The van der Waals surface area contributed by atoms with Gasteiger partial charge in [-0.3, -0.25) is 0 Å². The summed E-state index contributed by atoms with van der Waals surface area (Å²) in [6.45, 7) is 0. The van der Waals surface area contributed by atoms with Gasteiger partial charge in [0.15, 0.2) is 5.16 Å². The van der Waals surface area contributed by atoms with Gasteiger partial charge in [-0.15, -0.1) is 0 Å². The number of thioether (sulfide) groups is 1. The number of nitrogens with one attached hydrogen (secondary N) is 1. The van der Waals surface area contributed by atoms with E-state index < -0.39 is 10.9 Å². The molecule has 2 N–H and O–H groups in total. The fourth-order valence-electron chi connectivity index (χ4n) is 3.40. The molecule has 0 radical (unpaired) electrons. The summed E-state index contributed by atoms with van der Waals surface area (Å²) < 4.78 is 5.51. The molecule has 2 aromatic heterocycles. The summed E-state index contributed by atoms with van der Waals surface area (Å²) in [7, 11) is 0. The molecular formula is C23H16N2O3S. The SMILES string of the molecule is O=c1oc2ccccc2c(O)c1C(Sc1nc2ccccc2[nH]1)c1ccccc1. The number of aromatic hydroxyl groups is 1. The molecule has 0 aliphatic rings. The van der Waals surface area contributed by atoms with Gasteiger partial charge in [-0.25, -0.2) is 9.78 Å². The zero-order valence-electron chi connectivity index (χ0n) is 15.2. The van der Waals surface area contributed by atoms with E-state index in [0.29, 0.717) is 16.1 Å². The molecule has 5 aromatic rings. The maximum Gasteiger partial charge on any atom is 0.344 e. The third-order valence-corrected chi connectivity index (χ3v) is 5.94. The summed E-state index contributed by atoms with van der Waals surface area (Å²) in [4.78, 5) is 20.8. The van der Waals surface area contributed by atoms with Gasteiger partial charge < -0.3 is 14.5 Å². The molecule has 0 saturated carbocycles. The van der Waals surface area contributed by atoms with Crippen molar-refractivity contribution >= 4 is 33.8 Å². The average molecular weight is 400 g/mol. The first-order valence-electron chi connectivity index (χ1n) is 9.12. The molecule has 0 aliphatic heterocycles. The molecule has 0 saturated heterocycles. The quantitative estimate of drug-likeness (QED) is 0.318. The summed E-state index contributed by atoms with van der Waals surface area (Å²) in [5.41, 5.74) is 2.64. The summed E-state index contributed by atoms with van der Waals surface area (Å²) >= 11 is 1.37. The van der Waals surface area contributed by atoms with E-state index >= 15 is 0 Å². The minimum absolute atomic E-state index is 0.0608. The van der Waals surface area contributed by atoms with Crippen molar-refractivity contribution in [1.29, 1.82) is 0 Å². The summed E-state index contributed by atoms with van der Waals surface area (Å²) in [5.74, 6) is -0.0608. The van der Waals surface area contributed by atoms with Crippen LogP contribution in [0.3, 0.4) is 0 Å². The largest absolute Gasteiger partial charge is 0.507 e. The predicted molar refractivity (Wildman–Crippen MR) is 114 cm³/mol. The fraction of sp³-hybridized carbons (Fsp3) is 0.0435.